The van der Waals surface area contributed by atoms with Gasteiger partial charge in [0.2, 0.25) is 11.8 Å². The topological polar surface area (TPSA) is 49.4 Å². The molecule has 1 atom stereocenters. The zero-order valence-corrected chi connectivity index (χ0v) is 11.6. The second-order valence-corrected chi connectivity index (χ2v) is 5.89. The van der Waals surface area contributed by atoms with Crippen LogP contribution in [-0.4, -0.2) is 23.4 Å². The average molecular weight is 260 g/mol. The average Bonchev–Trinajstić information content (AvgIpc) is 2.70. The molecule has 0 spiro atoms. The van der Waals surface area contributed by atoms with Gasteiger partial charge in [-0.3, -0.25) is 14.5 Å². The molecule has 0 radical (unpaired) electrons. The number of benzene rings is 1. The molecule has 0 aromatic heterocycles. The largest absolute Gasteiger partial charge is 0.350 e. The number of hydrogen-bond acceptors (Lipinski definition) is 2. The fourth-order valence-electron chi connectivity index (χ4n) is 2.30. The summed E-state index contributed by atoms with van der Waals surface area (Å²) in [5.74, 6) is -0.0672. The predicted octanol–water partition coefficient (Wildman–Crippen LogP) is 2.10. The molecule has 4 heteroatoms. The zero-order valence-electron chi connectivity index (χ0n) is 11.6. The Morgan fingerprint density at radius 3 is 2.47 bits per heavy atom. The smallest absolute Gasteiger partial charge is 0.243 e. The highest BCUT2D eigenvalue weighted by Gasteiger charge is 2.37. The Morgan fingerprint density at radius 2 is 1.89 bits per heavy atom. The lowest BCUT2D eigenvalue weighted by molar-refractivity contribution is -0.125. The molecule has 2 rings (SSSR count). The standard InChI is InChI=1S/C15H20N2O2/c1-15(2,3)16-14(19)12-9-10-13(18)17(12)11-7-5-4-6-8-11/h4-8,12H,9-10H2,1-3H3,(H,16,19). The number of rotatable bonds is 2. The third-order valence-corrected chi connectivity index (χ3v) is 3.05. The molecule has 0 aliphatic carbocycles. The van der Waals surface area contributed by atoms with Gasteiger partial charge in [-0.05, 0) is 39.3 Å². The second-order valence-electron chi connectivity index (χ2n) is 5.89. The molecule has 102 valence electrons. The first-order valence-electron chi connectivity index (χ1n) is 6.57. The van der Waals surface area contributed by atoms with E-state index in [0.717, 1.165) is 5.69 Å². The summed E-state index contributed by atoms with van der Waals surface area (Å²) in [6, 6.07) is 8.98. The van der Waals surface area contributed by atoms with Crippen LogP contribution in [0.15, 0.2) is 30.3 Å². The van der Waals surface area contributed by atoms with Gasteiger partial charge in [0.1, 0.15) is 6.04 Å². The van der Waals surface area contributed by atoms with Gasteiger partial charge in [-0.15, -0.1) is 0 Å². The molecule has 1 N–H and O–H groups in total. The van der Waals surface area contributed by atoms with Crippen molar-refractivity contribution in [2.24, 2.45) is 0 Å². The van der Waals surface area contributed by atoms with E-state index < -0.39 is 6.04 Å². The number of carbonyl (C=O) groups is 2. The lowest BCUT2D eigenvalue weighted by Gasteiger charge is -2.28. The molecule has 0 saturated carbocycles. The first-order chi connectivity index (χ1) is 8.88. The summed E-state index contributed by atoms with van der Waals surface area (Å²) in [5, 5.41) is 2.95. The Hall–Kier alpha value is -1.84. The molecule has 0 bridgehead atoms. The van der Waals surface area contributed by atoms with E-state index in [1.807, 2.05) is 51.1 Å². The number of anilines is 1. The van der Waals surface area contributed by atoms with Crippen LogP contribution in [0.4, 0.5) is 5.69 Å². The number of hydrogen-bond donors (Lipinski definition) is 1. The minimum absolute atomic E-state index is 0.0141. The lowest BCUT2D eigenvalue weighted by atomic mass is 10.1. The van der Waals surface area contributed by atoms with E-state index in [0.29, 0.717) is 12.8 Å². The zero-order chi connectivity index (χ0) is 14.0. The monoisotopic (exact) mass is 260 g/mol. The number of nitrogens with zero attached hydrogens (tertiary/aromatic N) is 1. The summed E-state index contributed by atoms with van der Waals surface area (Å²) < 4.78 is 0. The van der Waals surface area contributed by atoms with Crippen molar-refractivity contribution >= 4 is 17.5 Å². The fourth-order valence-corrected chi connectivity index (χ4v) is 2.30. The molecule has 1 unspecified atom stereocenters. The molecule has 4 nitrogen and oxygen atoms in total. The third kappa shape index (κ3) is 3.13. The van der Waals surface area contributed by atoms with Gasteiger partial charge in [0, 0.05) is 17.6 Å². The highest BCUT2D eigenvalue weighted by molar-refractivity contribution is 6.03. The van der Waals surface area contributed by atoms with Crippen molar-refractivity contribution in [3.05, 3.63) is 30.3 Å². The van der Waals surface area contributed by atoms with Crippen LogP contribution in [0, 0.1) is 0 Å². The van der Waals surface area contributed by atoms with Crippen LogP contribution in [0.2, 0.25) is 0 Å². The lowest BCUT2D eigenvalue weighted by Crippen LogP contribution is -2.50. The minimum Gasteiger partial charge on any atom is -0.350 e. The van der Waals surface area contributed by atoms with Crippen LogP contribution in [-0.2, 0) is 9.59 Å². The Labute approximate surface area is 113 Å². The maximum absolute atomic E-state index is 12.3. The molecular formula is C15H20N2O2. The first-order valence-corrected chi connectivity index (χ1v) is 6.57. The molecule has 1 aromatic carbocycles. The summed E-state index contributed by atoms with van der Waals surface area (Å²) in [4.78, 5) is 25.9. The van der Waals surface area contributed by atoms with Gasteiger partial charge in [-0.1, -0.05) is 18.2 Å². The van der Waals surface area contributed by atoms with Gasteiger partial charge in [0.05, 0.1) is 0 Å². The molecule has 1 fully saturated rings. The van der Waals surface area contributed by atoms with Crippen molar-refractivity contribution in [1.82, 2.24) is 5.32 Å². The molecule has 1 aliphatic rings. The normalized spacial score (nSPS) is 19.6. The van der Waals surface area contributed by atoms with E-state index in [-0.39, 0.29) is 17.4 Å². The van der Waals surface area contributed by atoms with Crippen LogP contribution in [0.25, 0.3) is 0 Å². The van der Waals surface area contributed by atoms with Crippen LogP contribution in [0.1, 0.15) is 33.6 Å². The van der Waals surface area contributed by atoms with E-state index in [1.165, 1.54) is 0 Å². The van der Waals surface area contributed by atoms with Crippen LogP contribution in [0.5, 0.6) is 0 Å². The highest BCUT2D eigenvalue weighted by atomic mass is 16.2. The van der Waals surface area contributed by atoms with Crippen LogP contribution >= 0.6 is 0 Å². The van der Waals surface area contributed by atoms with Crippen LogP contribution in [0.3, 0.4) is 0 Å². The van der Waals surface area contributed by atoms with E-state index in [2.05, 4.69) is 5.32 Å². The molecule has 2 amide bonds. The predicted molar refractivity (Wildman–Crippen MR) is 74.8 cm³/mol. The van der Waals surface area contributed by atoms with Gasteiger partial charge < -0.3 is 5.32 Å². The molecule has 1 saturated heterocycles. The molecular weight excluding hydrogens is 240 g/mol. The van der Waals surface area contributed by atoms with Gasteiger partial charge in [-0.25, -0.2) is 0 Å². The minimum atomic E-state index is -0.394. The summed E-state index contributed by atoms with van der Waals surface area (Å²) in [7, 11) is 0. The summed E-state index contributed by atoms with van der Waals surface area (Å²) in [6.45, 7) is 5.82. The van der Waals surface area contributed by atoms with Crippen molar-refractivity contribution in [3.8, 4) is 0 Å². The summed E-state index contributed by atoms with van der Waals surface area (Å²) in [5.41, 5.74) is 0.504. The van der Waals surface area contributed by atoms with E-state index in [4.69, 9.17) is 0 Å². The molecule has 1 heterocycles. The van der Waals surface area contributed by atoms with E-state index in [9.17, 15) is 9.59 Å². The van der Waals surface area contributed by atoms with Gasteiger partial charge >= 0.3 is 0 Å². The fraction of sp³-hybridized carbons (Fsp3) is 0.467. The van der Waals surface area contributed by atoms with Crippen LogP contribution < -0.4 is 10.2 Å². The van der Waals surface area contributed by atoms with E-state index >= 15 is 0 Å². The highest BCUT2D eigenvalue weighted by Crippen LogP contribution is 2.26. The summed E-state index contributed by atoms with van der Waals surface area (Å²) in [6.07, 6.45) is 1.01. The maximum Gasteiger partial charge on any atom is 0.243 e. The summed E-state index contributed by atoms with van der Waals surface area (Å²) >= 11 is 0. The van der Waals surface area contributed by atoms with Gasteiger partial charge in [-0.2, -0.15) is 0 Å². The number of nitrogens with one attached hydrogen (secondary N) is 1. The van der Waals surface area contributed by atoms with E-state index in [1.54, 1.807) is 4.90 Å². The molecule has 1 aliphatic heterocycles. The Morgan fingerprint density at radius 1 is 1.26 bits per heavy atom. The number of amides is 2. The Balaban J connectivity index is 2.21. The number of carbonyl (C=O) groups excluding carboxylic acids is 2. The Bertz CT molecular complexity index is 477. The number of para-hydroxylation sites is 1. The van der Waals surface area contributed by atoms with Crippen molar-refractivity contribution in [2.75, 3.05) is 4.90 Å². The van der Waals surface area contributed by atoms with Crippen molar-refractivity contribution < 1.29 is 9.59 Å². The first kappa shape index (κ1) is 13.6. The quantitative estimate of drug-likeness (QED) is 0.885. The van der Waals surface area contributed by atoms with Crippen molar-refractivity contribution in [2.45, 2.75) is 45.2 Å². The Kier molecular flexibility index (Phi) is 3.60. The third-order valence-electron chi connectivity index (χ3n) is 3.05. The van der Waals surface area contributed by atoms with Crippen molar-refractivity contribution in [1.29, 1.82) is 0 Å². The second kappa shape index (κ2) is 5.03. The maximum atomic E-state index is 12.3. The van der Waals surface area contributed by atoms with Gasteiger partial charge in [0.25, 0.3) is 0 Å². The molecule has 1 aromatic rings. The SMILES string of the molecule is CC(C)(C)NC(=O)C1CCC(=O)N1c1ccccc1. The molecule has 19 heavy (non-hydrogen) atoms. The van der Waals surface area contributed by atoms with Gasteiger partial charge in [0.15, 0.2) is 0 Å². The van der Waals surface area contributed by atoms with Crippen molar-refractivity contribution in [3.63, 3.8) is 0 Å².